The van der Waals surface area contributed by atoms with Crippen LogP contribution in [0.3, 0.4) is 0 Å². The average molecular weight is 186 g/mol. The van der Waals surface area contributed by atoms with Crippen molar-refractivity contribution in [3.8, 4) is 0 Å². The van der Waals surface area contributed by atoms with Gasteiger partial charge in [0.2, 0.25) is 0 Å². The lowest BCUT2D eigenvalue weighted by atomic mass is 10.3. The van der Waals surface area contributed by atoms with Crippen molar-refractivity contribution >= 4 is 5.91 Å². The summed E-state index contributed by atoms with van der Waals surface area (Å²) in [6, 6.07) is 3.29. The van der Waals surface area contributed by atoms with E-state index in [-0.39, 0.29) is 6.54 Å². The first-order valence-corrected chi connectivity index (χ1v) is 3.65. The summed E-state index contributed by atoms with van der Waals surface area (Å²) in [5, 5.41) is 2.08. The van der Waals surface area contributed by atoms with E-state index in [4.69, 9.17) is 0 Å². The van der Waals surface area contributed by atoms with Gasteiger partial charge in [0.05, 0.1) is 0 Å². The first-order chi connectivity index (χ1) is 6.20. The molecule has 0 atom stereocenters. The van der Waals surface area contributed by atoms with E-state index in [9.17, 15) is 13.6 Å². The highest BCUT2D eigenvalue weighted by Crippen LogP contribution is 1.97. The van der Waals surface area contributed by atoms with Gasteiger partial charge in [-0.25, -0.2) is 0 Å². The Morgan fingerprint density at radius 2 is 2.08 bits per heavy atom. The molecule has 1 N–H and O–H groups in total. The van der Waals surface area contributed by atoms with Crippen LogP contribution in [0.1, 0.15) is 5.56 Å². The highest BCUT2D eigenvalue weighted by atomic mass is 19.3. The van der Waals surface area contributed by atoms with Crippen molar-refractivity contribution in [3.05, 3.63) is 30.1 Å². The summed E-state index contributed by atoms with van der Waals surface area (Å²) in [6.45, 7) is 0.103. The maximum absolute atomic E-state index is 11.7. The Morgan fingerprint density at radius 1 is 1.46 bits per heavy atom. The monoisotopic (exact) mass is 186 g/mol. The molecule has 0 spiro atoms. The van der Waals surface area contributed by atoms with Gasteiger partial charge in [-0.15, -0.1) is 0 Å². The Kier molecular flexibility index (Phi) is 3.31. The van der Waals surface area contributed by atoms with Gasteiger partial charge in [-0.2, -0.15) is 8.78 Å². The van der Waals surface area contributed by atoms with Gasteiger partial charge in [-0.3, -0.25) is 9.78 Å². The number of halogens is 2. The van der Waals surface area contributed by atoms with Gasteiger partial charge in [0, 0.05) is 18.9 Å². The third-order valence-corrected chi connectivity index (χ3v) is 1.41. The number of hydrogen-bond donors (Lipinski definition) is 1. The van der Waals surface area contributed by atoms with Gasteiger partial charge in [-0.1, -0.05) is 0 Å². The Balaban J connectivity index is 2.40. The van der Waals surface area contributed by atoms with E-state index in [1.165, 1.54) is 12.4 Å². The minimum absolute atomic E-state index is 0.103. The normalized spacial score (nSPS) is 10.1. The summed E-state index contributed by atoms with van der Waals surface area (Å²) in [5.41, 5.74) is 0.740. The fraction of sp³-hybridized carbons (Fsp3) is 0.250. The SMILES string of the molecule is O=C(NCc1ccncc1)C(F)F. The predicted molar refractivity (Wildman–Crippen MR) is 42.1 cm³/mol. The standard InChI is InChI=1S/C8H8F2N2O/c9-7(10)8(13)12-5-6-1-3-11-4-2-6/h1-4,7H,5H2,(H,12,13). The van der Waals surface area contributed by atoms with Crippen molar-refractivity contribution in [3.63, 3.8) is 0 Å². The van der Waals surface area contributed by atoms with Crippen LogP contribution in [-0.2, 0) is 11.3 Å². The Labute approximate surface area is 73.8 Å². The Bertz CT molecular complexity index is 277. The fourth-order valence-electron chi connectivity index (χ4n) is 0.767. The summed E-state index contributed by atoms with van der Waals surface area (Å²) in [6.07, 6.45) is 0.107. The quantitative estimate of drug-likeness (QED) is 0.764. The van der Waals surface area contributed by atoms with Crippen LogP contribution in [0, 0.1) is 0 Å². The van der Waals surface area contributed by atoms with Crippen LogP contribution in [-0.4, -0.2) is 17.3 Å². The van der Waals surface area contributed by atoms with Crippen LogP contribution in [0.2, 0.25) is 0 Å². The number of alkyl halides is 2. The molecule has 0 bridgehead atoms. The van der Waals surface area contributed by atoms with Gasteiger partial charge in [0.1, 0.15) is 0 Å². The van der Waals surface area contributed by atoms with Crippen LogP contribution in [0.15, 0.2) is 24.5 Å². The molecule has 1 amide bonds. The number of nitrogens with zero attached hydrogens (tertiary/aromatic N) is 1. The summed E-state index contributed by atoms with van der Waals surface area (Å²) >= 11 is 0. The van der Waals surface area contributed by atoms with Crippen molar-refractivity contribution in [2.45, 2.75) is 13.0 Å². The molecule has 0 aliphatic carbocycles. The lowest BCUT2D eigenvalue weighted by molar-refractivity contribution is -0.131. The summed E-state index contributed by atoms with van der Waals surface area (Å²) in [4.78, 5) is 14.2. The molecule has 0 aliphatic rings. The molecular formula is C8H8F2N2O. The molecule has 1 aromatic heterocycles. The highest BCUT2D eigenvalue weighted by Gasteiger charge is 2.13. The lowest BCUT2D eigenvalue weighted by Crippen LogP contribution is -2.28. The van der Waals surface area contributed by atoms with Crippen LogP contribution in [0.5, 0.6) is 0 Å². The van der Waals surface area contributed by atoms with E-state index >= 15 is 0 Å². The predicted octanol–water partition coefficient (Wildman–Crippen LogP) is 0.963. The van der Waals surface area contributed by atoms with E-state index in [2.05, 4.69) is 10.3 Å². The molecule has 5 heteroatoms. The number of amides is 1. The summed E-state index contributed by atoms with van der Waals surface area (Å²) in [5.74, 6) is -1.25. The topological polar surface area (TPSA) is 42.0 Å². The Morgan fingerprint density at radius 3 is 2.62 bits per heavy atom. The number of nitrogens with one attached hydrogen (secondary N) is 1. The smallest absolute Gasteiger partial charge is 0.315 e. The minimum Gasteiger partial charge on any atom is -0.347 e. The summed E-state index contributed by atoms with van der Waals surface area (Å²) in [7, 11) is 0. The van der Waals surface area contributed by atoms with Gasteiger partial charge in [0.15, 0.2) is 0 Å². The van der Waals surface area contributed by atoms with Gasteiger partial charge in [-0.05, 0) is 17.7 Å². The second-order valence-electron chi connectivity index (χ2n) is 2.37. The van der Waals surface area contributed by atoms with Crippen molar-refractivity contribution in [2.75, 3.05) is 0 Å². The molecule has 70 valence electrons. The molecule has 0 radical (unpaired) electrons. The number of carbonyl (C=O) groups is 1. The first-order valence-electron chi connectivity index (χ1n) is 3.65. The number of hydrogen-bond acceptors (Lipinski definition) is 2. The molecule has 13 heavy (non-hydrogen) atoms. The first kappa shape index (κ1) is 9.57. The van der Waals surface area contributed by atoms with Crippen LogP contribution < -0.4 is 5.32 Å². The lowest BCUT2D eigenvalue weighted by Gasteiger charge is -2.03. The number of carbonyl (C=O) groups excluding carboxylic acids is 1. The molecular weight excluding hydrogens is 178 g/mol. The Hall–Kier alpha value is -1.52. The van der Waals surface area contributed by atoms with E-state index < -0.39 is 12.3 Å². The van der Waals surface area contributed by atoms with Crippen LogP contribution in [0.4, 0.5) is 8.78 Å². The van der Waals surface area contributed by atoms with Gasteiger partial charge < -0.3 is 5.32 Å². The molecule has 0 aromatic carbocycles. The zero-order valence-electron chi connectivity index (χ0n) is 6.71. The van der Waals surface area contributed by atoms with Crippen LogP contribution in [0.25, 0.3) is 0 Å². The molecule has 0 aliphatic heterocycles. The third-order valence-electron chi connectivity index (χ3n) is 1.41. The average Bonchev–Trinajstić information content (AvgIpc) is 2.15. The third kappa shape index (κ3) is 3.14. The van der Waals surface area contributed by atoms with Crippen molar-refractivity contribution in [1.82, 2.24) is 10.3 Å². The summed E-state index contributed by atoms with van der Waals surface area (Å²) < 4.78 is 23.4. The zero-order valence-corrected chi connectivity index (χ0v) is 6.71. The zero-order chi connectivity index (χ0) is 9.68. The molecule has 1 heterocycles. The van der Waals surface area contributed by atoms with E-state index in [1.54, 1.807) is 12.1 Å². The molecule has 0 saturated heterocycles. The molecule has 1 rings (SSSR count). The van der Waals surface area contributed by atoms with Crippen LogP contribution >= 0.6 is 0 Å². The van der Waals surface area contributed by atoms with Crippen molar-refractivity contribution < 1.29 is 13.6 Å². The second kappa shape index (κ2) is 4.49. The van der Waals surface area contributed by atoms with E-state index in [0.29, 0.717) is 0 Å². The highest BCUT2D eigenvalue weighted by molar-refractivity contribution is 5.78. The molecule has 0 unspecified atom stereocenters. The van der Waals surface area contributed by atoms with E-state index in [0.717, 1.165) is 5.56 Å². The maximum atomic E-state index is 11.7. The van der Waals surface area contributed by atoms with Gasteiger partial charge >= 0.3 is 6.43 Å². The van der Waals surface area contributed by atoms with Crippen molar-refractivity contribution in [2.24, 2.45) is 0 Å². The van der Waals surface area contributed by atoms with Crippen molar-refractivity contribution in [1.29, 1.82) is 0 Å². The second-order valence-corrected chi connectivity index (χ2v) is 2.37. The molecule has 1 aromatic rings. The number of rotatable bonds is 3. The number of aromatic nitrogens is 1. The molecule has 0 fully saturated rings. The molecule has 0 saturated carbocycles. The number of pyridine rings is 1. The van der Waals surface area contributed by atoms with Gasteiger partial charge in [0.25, 0.3) is 5.91 Å². The fourth-order valence-corrected chi connectivity index (χ4v) is 0.767. The maximum Gasteiger partial charge on any atom is 0.315 e. The largest absolute Gasteiger partial charge is 0.347 e. The molecule has 3 nitrogen and oxygen atoms in total. The van der Waals surface area contributed by atoms with E-state index in [1.807, 2.05) is 0 Å². The minimum atomic E-state index is -2.96.